The normalized spacial score (nSPS) is 20.8. The molecule has 0 radical (unpaired) electrons. The Morgan fingerprint density at radius 1 is 1.25 bits per heavy atom. The van der Waals surface area contributed by atoms with Crippen molar-refractivity contribution in [2.75, 3.05) is 19.6 Å². The van der Waals surface area contributed by atoms with Crippen LogP contribution < -0.4 is 0 Å². The lowest BCUT2D eigenvalue weighted by Crippen LogP contribution is -2.37. The molecule has 1 heterocycles. The van der Waals surface area contributed by atoms with Gasteiger partial charge in [0.1, 0.15) is 0 Å². The van der Waals surface area contributed by atoms with Gasteiger partial charge in [0.25, 0.3) is 0 Å². The second kappa shape index (κ2) is 7.41. The molecule has 0 spiro atoms. The SMILES string of the molecule is CC(O)C1CCN(CCC(O)c2ccccc2Cl)CC1. The molecular weight excluding hydrogens is 274 g/mol. The maximum absolute atomic E-state index is 10.2. The van der Waals surface area contributed by atoms with Gasteiger partial charge in [-0.15, -0.1) is 0 Å². The summed E-state index contributed by atoms with van der Waals surface area (Å²) in [4.78, 5) is 2.36. The van der Waals surface area contributed by atoms with Gasteiger partial charge in [0.15, 0.2) is 0 Å². The second-order valence-electron chi connectivity index (χ2n) is 5.75. The molecule has 1 saturated heterocycles. The number of piperidine rings is 1. The van der Waals surface area contributed by atoms with Gasteiger partial charge >= 0.3 is 0 Å². The third kappa shape index (κ3) is 4.19. The molecule has 1 aromatic carbocycles. The molecule has 20 heavy (non-hydrogen) atoms. The van der Waals surface area contributed by atoms with E-state index in [9.17, 15) is 10.2 Å². The van der Waals surface area contributed by atoms with Crippen LogP contribution in [0.3, 0.4) is 0 Å². The van der Waals surface area contributed by atoms with Crippen molar-refractivity contribution < 1.29 is 10.2 Å². The molecule has 0 saturated carbocycles. The molecule has 112 valence electrons. The molecule has 4 heteroatoms. The van der Waals surface area contributed by atoms with Gasteiger partial charge in [0, 0.05) is 11.6 Å². The summed E-state index contributed by atoms with van der Waals surface area (Å²) in [7, 11) is 0. The Kier molecular flexibility index (Phi) is 5.85. The van der Waals surface area contributed by atoms with Crippen molar-refractivity contribution in [1.29, 1.82) is 0 Å². The van der Waals surface area contributed by atoms with Crippen LogP contribution in [0, 0.1) is 5.92 Å². The third-order valence-electron chi connectivity index (χ3n) is 4.30. The Morgan fingerprint density at radius 2 is 1.90 bits per heavy atom. The first kappa shape index (κ1) is 15.8. The molecule has 1 aromatic rings. The van der Waals surface area contributed by atoms with E-state index in [4.69, 9.17) is 11.6 Å². The van der Waals surface area contributed by atoms with Crippen LogP contribution in [-0.4, -0.2) is 40.9 Å². The minimum atomic E-state index is -0.502. The molecule has 3 nitrogen and oxygen atoms in total. The highest BCUT2D eigenvalue weighted by molar-refractivity contribution is 6.31. The molecular formula is C16H24ClNO2. The topological polar surface area (TPSA) is 43.7 Å². The smallest absolute Gasteiger partial charge is 0.0816 e. The average Bonchev–Trinajstić information content (AvgIpc) is 2.45. The quantitative estimate of drug-likeness (QED) is 0.878. The van der Waals surface area contributed by atoms with Crippen molar-refractivity contribution in [2.24, 2.45) is 5.92 Å². The summed E-state index contributed by atoms with van der Waals surface area (Å²) in [5, 5.41) is 20.4. The van der Waals surface area contributed by atoms with E-state index in [0.717, 1.165) is 38.0 Å². The standard InChI is InChI=1S/C16H24ClNO2/c1-12(19)13-6-9-18(10-7-13)11-8-16(20)14-4-2-3-5-15(14)17/h2-5,12-13,16,19-20H,6-11H2,1H3. The minimum absolute atomic E-state index is 0.203. The lowest BCUT2D eigenvalue weighted by molar-refractivity contribution is 0.0641. The first-order valence-corrected chi connectivity index (χ1v) is 7.78. The molecule has 0 aromatic heterocycles. The molecule has 1 aliphatic heterocycles. The van der Waals surface area contributed by atoms with Crippen molar-refractivity contribution >= 4 is 11.6 Å². The van der Waals surface area contributed by atoms with Crippen molar-refractivity contribution in [3.8, 4) is 0 Å². The highest BCUT2D eigenvalue weighted by atomic mass is 35.5. The number of aliphatic hydroxyl groups excluding tert-OH is 2. The van der Waals surface area contributed by atoms with Crippen LogP contribution >= 0.6 is 11.6 Å². The molecule has 0 amide bonds. The van der Waals surface area contributed by atoms with E-state index in [1.807, 2.05) is 31.2 Å². The van der Waals surface area contributed by atoms with Gasteiger partial charge in [0.05, 0.1) is 12.2 Å². The Labute approximate surface area is 126 Å². The zero-order chi connectivity index (χ0) is 14.5. The van der Waals surface area contributed by atoms with E-state index >= 15 is 0 Å². The Morgan fingerprint density at radius 3 is 2.50 bits per heavy atom. The number of nitrogens with zero attached hydrogens (tertiary/aromatic N) is 1. The number of benzene rings is 1. The summed E-state index contributed by atoms with van der Waals surface area (Å²) >= 11 is 6.09. The zero-order valence-electron chi connectivity index (χ0n) is 12.0. The van der Waals surface area contributed by atoms with Crippen molar-refractivity contribution in [2.45, 2.75) is 38.4 Å². The zero-order valence-corrected chi connectivity index (χ0v) is 12.8. The minimum Gasteiger partial charge on any atom is -0.393 e. The number of halogens is 1. The summed E-state index contributed by atoms with van der Waals surface area (Å²) in [6.45, 7) is 4.76. The van der Waals surface area contributed by atoms with Crippen molar-refractivity contribution in [3.63, 3.8) is 0 Å². The van der Waals surface area contributed by atoms with Gasteiger partial charge in [0.2, 0.25) is 0 Å². The van der Waals surface area contributed by atoms with Gasteiger partial charge in [-0.3, -0.25) is 0 Å². The van der Waals surface area contributed by atoms with Gasteiger partial charge in [-0.05, 0) is 56.8 Å². The van der Waals surface area contributed by atoms with Crippen LogP contribution in [0.15, 0.2) is 24.3 Å². The summed E-state index contributed by atoms with van der Waals surface area (Å²) in [5.74, 6) is 0.430. The summed E-state index contributed by atoms with van der Waals surface area (Å²) in [6.07, 6.45) is 2.08. The molecule has 2 rings (SSSR count). The molecule has 2 atom stereocenters. The fraction of sp³-hybridized carbons (Fsp3) is 0.625. The maximum Gasteiger partial charge on any atom is 0.0816 e. The fourth-order valence-electron chi connectivity index (χ4n) is 2.86. The van der Waals surface area contributed by atoms with Crippen molar-refractivity contribution in [3.05, 3.63) is 34.9 Å². The number of likely N-dealkylation sites (tertiary alicyclic amines) is 1. The summed E-state index contributed by atoms with van der Waals surface area (Å²) in [5.41, 5.74) is 0.813. The number of hydrogen-bond acceptors (Lipinski definition) is 3. The lowest BCUT2D eigenvalue weighted by atomic mass is 9.92. The van der Waals surface area contributed by atoms with E-state index < -0.39 is 6.10 Å². The number of hydrogen-bond donors (Lipinski definition) is 2. The highest BCUT2D eigenvalue weighted by Gasteiger charge is 2.23. The van der Waals surface area contributed by atoms with Gasteiger partial charge in [-0.1, -0.05) is 29.8 Å². The first-order chi connectivity index (χ1) is 9.58. The van der Waals surface area contributed by atoms with Crippen molar-refractivity contribution in [1.82, 2.24) is 4.90 Å². The van der Waals surface area contributed by atoms with Crippen LogP contribution in [0.25, 0.3) is 0 Å². The Balaban J connectivity index is 1.78. The predicted molar refractivity (Wildman–Crippen MR) is 81.9 cm³/mol. The second-order valence-corrected chi connectivity index (χ2v) is 6.15. The van der Waals surface area contributed by atoms with E-state index in [1.54, 1.807) is 0 Å². The number of aliphatic hydroxyl groups is 2. The molecule has 2 unspecified atom stereocenters. The molecule has 2 N–H and O–H groups in total. The first-order valence-electron chi connectivity index (χ1n) is 7.41. The van der Waals surface area contributed by atoms with Crippen LogP contribution in [0.4, 0.5) is 0 Å². The molecule has 1 aliphatic rings. The summed E-state index contributed by atoms with van der Waals surface area (Å²) in [6, 6.07) is 7.47. The van der Waals surface area contributed by atoms with Crippen LogP contribution in [-0.2, 0) is 0 Å². The largest absolute Gasteiger partial charge is 0.393 e. The monoisotopic (exact) mass is 297 g/mol. The molecule has 0 bridgehead atoms. The fourth-order valence-corrected chi connectivity index (χ4v) is 3.13. The predicted octanol–water partition coefficient (Wildman–Crippen LogP) is 2.86. The van der Waals surface area contributed by atoms with Gasteiger partial charge < -0.3 is 15.1 Å². The number of rotatable bonds is 5. The van der Waals surface area contributed by atoms with Gasteiger partial charge in [-0.2, -0.15) is 0 Å². The van der Waals surface area contributed by atoms with Crippen LogP contribution in [0.5, 0.6) is 0 Å². The van der Waals surface area contributed by atoms with E-state index in [2.05, 4.69) is 4.90 Å². The lowest BCUT2D eigenvalue weighted by Gasteiger charge is -2.33. The molecule has 1 fully saturated rings. The Bertz CT molecular complexity index is 417. The molecule has 0 aliphatic carbocycles. The maximum atomic E-state index is 10.2. The summed E-state index contributed by atoms with van der Waals surface area (Å²) < 4.78 is 0. The average molecular weight is 298 g/mol. The van der Waals surface area contributed by atoms with E-state index in [-0.39, 0.29) is 6.10 Å². The van der Waals surface area contributed by atoms with E-state index in [1.165, 1.54) is 0 Å². The van der Waals surface area contributed by atoms with Gasteiger partial charge in [-0.25, -0.2) is 0 Å². The van der Waals surface area contributed by atoms with E-state index in [0.29, 0.717) is 17.4 Å². The Hall–Kier alpha value is -0.610. The van der Waals surface area contributed by atoms with Crippen LogP contribution in [0.2, 0.25) is 5.02 Å². The van der Waals surface area contributed by atoms with Crippen LogP contribution in [0.1, 0.15) is 37.9 Å². The highest BCUT2D eigenvalue weighted by Crippen LogP contribution is 2.26. The third-order valence-corrected chi connectivity index (χ3v) is 4.64.